The molecular weight excluding hydrogens is 227 g/mol. The first-order valence-electron chi connectivity index (χ1n) is 5.03. The van der Waals surface area contributed by atoms with E-state index in [1.165, 1.54) is 0 Å². The number of rotatable bonds is 5. The van der Waals surface area contributed by atoms with E-state index in [0.29, 0.717) is 13.0 Å². The summed E-state index contributed by atoms with van der Waals surface area (Å²) < 4.78 is 44.4. The topological polar surface area (TPSA) is 47.6 Å². The molecule has 1 amide bonds. The predicted molar refractivity (Wildman–Crippen MR) is 48.9 cm³/mol. The molecule has 16 heavy (non-hydrogen) atoms. The molecule has 1 atom stereocenters. The number of alkyl halides is 3. The molecule has 7 heteroatoms. The Morgan fingerprint density at radius 2 is 2.25 bits per heavy atom. The first-order valence-corrected chi connectivity index (χ1v) is 5.03. The molecule has 1 aliphatic rings. The third-order valence-electron chi connectivity index (χ3n) is 2.03. The SMILES string of the molecule is O=C(NCCOCC(F)(F)F)C1CCCO1. The summed E-state index contributed by atoms with van der Waals surface area (Å²) in [6, 6.07) is 0. The van der Waals surface area contributed by atoms with Crippen LogP contribution >= 0.6 is 0 Å². The fourth-order valence-electron chi connectivity index (χ4n) is 1.33. The number of halogens is 3. The standard InChI is InChI=1S/C9H14F3NO3/c10-9(11,12)6-15-5-3-13-8(14)7-2-1-4-16-7/h7H,1-6H2,(H,13,14). The maximum absolute atomic E-state index is 11.7. The Labute approximate surface area is 91.1 Å². The number of carbonyl (C=O) groups is 1. The summed E-state index contributed by atoms with van der Waals surface area (Å²) in [7, 11) is 0. The van der Waals surface area contributed by atoms with Crippen LogP contribution < -0.4 is 5.32 Å². The van der Waals surface area contributed by atoms with Crippen molar-refractivity contribution >= 4 is 5.91 Å². The zero-order valence-electron chi connectivity index (χ0n) is 8.68. The summed E-state index contributed by atoms with van der Waals surface area (Å²) in [6.45, 7) is -0.821. The third-order valence-corrected chi connectivity index (χ3v) is 2.03. The molecule has 1 aliphatic heterocycles. The van der Waals surface area contributed by atoms with Gasteiger partial charge in [-0.05, 0) is 12.8 Å². The maximum Gasteiger partial charge on any atom is 0.411 e. The Balaban J connectivity index is 2.00. The summed E-state index contributed by atoms with van der Waals surface area (Å²) >= 11 is 0. The van der Waals surface area contributed by atoms with Gasteiger partial charge >= 0.3 is 6.18 Å². The van der Waals surface area contributed by atoms with Crippen molar-refractivity contribution in [2.45, 2.75) is 25.1 Å². The van der Waals surface area contributed by atoms with Gasteiger partial charge < -0.3 is 14.8 Å². The van der Waals surface area contributed by atoms with E-state index in [9.17, 15) is 18.0 Å². The van der Waals surface area contributed by atoms with Crippen molar-refractivity contribution in [1.82, 2.24) is 5.32 Å². The number of ether oxygens (including phenoxy) is 2. The largest absolute Gasteiger partial charge is 0.411 e. The van der Waals surface area contributed by atoms with Crippen LogP contribution in [0.4, 0.5) is 13.2 Å². The number of nitrogens with one attached hydrogen (secondary N) is 1. The van der Waals surface area contributed by atoms with Crippen molar-refractivity contribution in [1.29, 1.82) is 0 Å². The van der Waals surface area contributed by atoms with E-state index >= 15 is 0 Å². The lowest BCUT2D eigenvalue weighted by atomic mass is 10.2. The van der Waals surface area contributed by atoms with Gasteiger partial charge in [-0.1, -0.05) is 0 Å². The molecule has 1 rings (SSSR count). The van der Waals surface area contributed by atoms with Crippen molar-refractivity contribution < 1.29 is 27.4 Å². The highest BCUT2D eigenvalue weighted by Gasteiger charge is 2.27. The Kier molecular flexibility index (Phi) is 5.01. The molecule has 0 radical (unpaired) electrons. The Morgan fingerprint density at radius 1 is 1.50 bits per heavy atom. The van der Waals surface area contributed by atoms with E-state index < -0.39 is 18.9 Å². The summed E-state index contributed by atoms with van der Waals surface area (Å²) in [5.41, 5.74) is 0. The average Bonchev–Trinajstić information content (AvgIpc) is 2.67. The van der Waals surface area contributed by atoms with Crippen molar-refractivity contribution in [2.24, 2.45) is 0 Å². The molecular formula is C9H14F3NO3. The molecule has 0 bridgehead atoms. The number of amides is 1. The van der Waals surface area contributed by atoms with Crippen LogP contribution in [-0.2, 0) is 14.3 Å². The van der Waals surface area contributed by atoms with E-state index in [2.05, 4.69) is 10.1 Å². The monoisotopic (exact) mass is 241 g/mol. The summed E-state index contributed by atoms with van der Waals surface area (Å²) in [4.78, 5) is 11.3. The van der Waals surface area contributed by atoms with E-state index in [-0.39, 0.29) is 19.1 Å². The smallest absolute Gasteiger partial charge is 0.370 e. The molecule has 94 valence electrons. The number of hydrogen-bond acceptors (Lipinski definition) is 3. The van der Waals surface area contributed by atoms with Gasteiger partial charge in [0.25, 0.3) is 0 Å². The maximum atomic E-state index is 11.7. The van der Waals surface area contributed by atoms with Gasteiger partial charge in [0.2, 0.25) is 5.91 Å². The van der Waals surface area contributed by atoms with Crippen LogP contribution in [0.2, 0.25) is 0 Å². The minimum atomic E-state index is -4.32. The highest BCUT2D eigenvalue weighted by molar-refractivity contribution is 5.80. The summed E-state index contributed by atoms with van der Waals surface area (Å²) in [5, 5.41) is 2.45. The molecule has 0 aromatic rings. The molecule has 1 unspecified atom stereocenters. The van der Waals surface area contributed by atoms with Crippen LogP contribution in [0.1, 0.15) is 12.8 Å². The van der Waals surface area contributed by atoms with Gasteiger partial charge in [-0.25, -0.2) is 0 Å². The van der Waals surface area contributed by atoms with Crippen molar-refractivity contribution in [3.63, 3.8) is 0 Å². The van der Waals surface area contributed by atoms with E-state index in [1.54, 1.807) is 0 Å². The molecule has 1 saturated heterocycles. The van der Waals surface area contributed by atoms with Crippen molar-refractivity contribution in [2.75, 3.05) is 26.4 Å². The lowest BCUT2D eigenvalue weighted by Gasteiger charge is -2.11. The van der Waals surface area contributed by atoms with Crippen LogP contribution in [0.3, 0.4) is 0 Å². The van der Waals surface area contributed by atoms with Gasteiger partial charge in [-0.2, -0.15) is 13.2 Å². The molecule has 0 spiro atoms. The van der Waals surface area contributed by atoms with E-state index in [1.807, 2.05) is 0 Å². The molecule has 0 aromatic carbocycles. The second-order valence-electron chi connectivity index (χ2n) is 3.46. The average molecular weight is 241 g/mol. The molecule has 1 heterocycles. The lowest BCUT2D eigenvalue weighted by molar-refractivity contribution is -0.173. The molecule has 0 aliphatic carbocycles. The van der Waals surface area contributed by atoms with Gasteiger partial charge in [0, 0.05) is 13.2 Å². The zero-order valence-corrected chi connectivity index (χ0v) is 8.68. The Hall–Kier alpha value is -0.820. The van der Waals surface area contributed by atoms with Crippen LogP contribution in [0, 0.1) is 0 Å². The second kappa shape index (κ2) is 6.05. The van der Waals surface area contributed by atoms with Crippen molar-refractivity contribution in [3.05, 3.63) is 0 Å². The molecule has 0 saturated carbocycles. The van der Waals surface area contributed by atoms with Crippen LogP contribution in [0.25, 0.3) is 0 Å². The molecule has 4 nitrogen and oxygen atoms in total. The van der Waals surface area contributed by atoms with E-state index in [4.69, 9.17) is 4.74 Å². The lowest BCUT2D eigenvalue weighted by Crippen LogP contribution is -2.36. The predicted octanol–water partition coefficient (Wildman–Crippen LogP) is 0.860. The first-order chi connectivity index (χ1) is 7.49. The summed E-state index contributed by atoms with van der Waals surface area (Å²) in [6.07, 6.45) is -3.28. The normalized spacial score (nSPS) is 21.1. The van der Waals surface area contributed by atoms with Gasteiger partial charge in [0.1, 0.15) is 12.7 Å². The zero-order chi connectivity index (χ0) is 12.0. The van der Waals surface area contributed by atoms with E-state index in [0.717, 1.165) is 6.42 Å². The number of carbonyl (C=O) groups excluding carboxylic acids is 1. The molecule has 1 N–H and O–H groups in total. The fraction of sp³-hybridized carbons (Fsp3) is 0.889. The second-order valence-corrected chi connectivity index (χ2v) is 3.46. The Morgan fingerprint density at radius 3 is 2.81 bits per heavy atom. The van der Waals surface area contributed by atoms with Gasteiger partial charge in [0.05, 0.1) is 6.61 Å². The Bertz CT molecular complexity index is 227. The van der Waals surface area contributed by atoms with Crippen molar-refractivity contribution in [3.8, 4) is 0 Å². The van der Waals surface area contributed by atoms with Gasteiger partial charge in [-0.3, -0.25) is 4.79 Å². The third kappa shape index (κ3) is 5.32. The molecule has 0 aromatic heterocycles. The minimum Gasteiger partial charge on any atom is -0.370 e. The van der Waals surface area contributed by atoms with Gasteiger partial charge in [0.15, 0.2) is 0 Å². The molecule has 1 fully saturated rings. The summed E-state index contributed by atoms with van der Waals surface area (Å²) in [5.74, 6) is -0.284. The highest BCUT2D eigenvalue weighted by Crippen LogP contribution is 2.14. The van der Waals surface area contributed by atoms with Crippen LogP contribution in [0.15, 0.2) is 0 Å². The minimum absolute atomic E-state index is 0.0643. The number of hydrogen-bond donors (Lipinski definition) is 1. The first kappa shape index (κ1) is 13.2. The van der Waals surface area contributed by atoms with Crippen LogP contribution in [-0.4, -0.2) is 44.6 Å². The highest BCUT2D eigenvalue weighted by atomic mass is 19.4. The fourth-order valence-corrected chi connectivity index (χ4v) is 1.33. The van der Waals surface area contributed by atoms with Crippen LogP contribution in [0.5, 0.6) is 0 Å². The van der Waals surface area contributed by atoms with Gasteiger partial charge in [-0.15, -0.1) is 0 Å². The quantitative estimate of drug-likeness (QED) is 0.726.